The summed E-state index contributed by atoms with van der Waals surface area (Å²) in [5.74, 6) is -1.03. The van der Waals surface area contributed by atoms with Gasteiger partial charge in [-0.05, 0) is 56.4 Å². The summed E-state index contributed by atoms with van der Waals surface area (Å²) < 4.78 is 71.2. The Hall–Kier alpha value is -1.91. The minimum atomic E-state index is -4.57. The highest BCUT2D eigenvalue weighted by molar-refractivity contribution is 7.89. The fourth-order valence-corrected chi connectivity index (χ4v) is 5.90. The van der Waals surface area contributed by atoms with Gasteiger partial charge in [0.25, 0.3) is 0 Å². The molecule has 0 spiro atoms. The second kappa shape index (κ2) is 5.80. The van der Waals surface area contributed by atoms with Crippen molar-refractivity contribution in [2.24, 2.45) is 5.92 Å². The van der Waals surface area contributed by atoms with E-state index < -0.39 is 45.0 Å². The molecule has 1 unspecified atom stereocenters. The van der Waals surface area contributed by atoms with Crippen LogP contribution in [0.1, 0.15) is 31.7 Å². The molecule has 1 heterocycles. The van der Waals surface area contributed by atoms with E-state index in [1.807, 2.05) is 0 Å². The van der Waals surface area contributed by atoms with Gasteiger partial charge in [0, 0.05) is 5.54 Å². The monoisotopic (exact) mass is 417 g/mol. The number of aliphatic hydroxyl groups is 1. The zero-order valence-corrected chi connectivity index (χ0v) is 15.6. The summed E-state index contributed by atoms with van der Waals surface area (Å²) in [6.45, 7) is 1.57. The SMILES string of the molecule is C[C@]1(NS(=O)(=O)c2ccc(C(F)(F)F)cc2)C=C2C(=O)O[C@@H]3CCC(C1)[C@]23O. The molecule has 1 aromatic carbocycles. The van der Waals surface area contributed by atoms with Crippen molar-refractivity contribution in [1.82, 2.24) is 4.72 Å². The first kappa shape index (κ1) is 19.4. The Morgan fingerprint density at radius 1 is 1.21 bits per heavy atom. The highest BCUT2D eigenvalue weighted by Gasteiger charge is 2.64. The van der Waals surface area contributed by atoms with E-state index in [1.54, 1.807) is 6.92 Å². The van der Waals surface area contributed by atoms with E-state index in [9.17, 15) is 31.5 Å². The molecule has 2 N–H and O–H groups in total. The van der Waals surface area contributed by atoms with Gasteiger partial charge in [-0.1, -0.05) is 6.08 Å². The summed E-state index contributed by atoms with van der Waals surface area (Å²) in [6, 6.07) is 3.17. The van der Waals surface area contributed by atoms with Gasteiger partial charge in [-0.2, -0.15) is 13.2 Å². The third kappa shape index (κ3) is 2.85. The summed E-state index contributed by atoms with van der Waals surface area (Å²) in [5.41, 5.74) is -3.50. The second-order valence-electron chi connectivity index (χ2n) is 7.80. The van der Waals surface area contributed by atoms with Crippen molar-refractivity contribution in [2.45, 2.75) is 54.5 Å². The van der Waals surface area contributed by atoms with Crippen molar-refractivity contribution in [3.63, 3.8) is 0 Å². The summed E-state index contributed by atoms with van der Waals surface area (Å²) >= 11 is 0. The van der Waals surface area contributed by atoms with Gasteiger partial charge >= 0.3 is 12.1 Å². The van der Waals surface area contributed by atoms with E-state index in [0.29, 0.717) is 25.0 Å². The van der Waals surface area contributed by atoms with Gasteiger partial charge in [0.15, 0.2) is 0 Å². The van der Waals surface area contributed by atoms with Crippen molar-refractivity contribution < 1.29 is 36.2 Å². The summed E-state index contributed by atoms with van der Waals surface area (Å²) in [4.78, 5) is 11.8. The van der Waals surface area contributed by atoms with E-state index in [0.717, 1.165) is 12.1 Å². The van der Waals surface area contributed by atoms with Crippen LogP contribution in [0.15, 0.2) is 40.8 Å². The van der Waals surface area contributed by atoms with Crippen LogP contribution in [0.25, 0.3) is 0 Å². The summed E-state index contributed by atoms with van der Waals surface area (Å²) in [7, 11) is -4.16. The molecule has 2 fully saturated rings. The highest BCUT2D eigenvalue weighted by Crippen LogP contribution is 2.54. The van der Waals surface area contributed by atoms with Gasteiger partial charge in [-0.15, -0.1) is 0 Å². The summed E-state index contributed by atoms with van der Waals surface area (Å²) in [6.07, 6.45) is -2.51. The molecular formula is C18H18F3NO5S. The van der Waals surface area contributed by atoms with Crippen LogP contribution in [0.4, 0.5) is 13.2 Å². The van der Waals surface area contributed by atoms with Crippen LogP contribution < -0.4 is 4.72 Å². The first-order chi connectivity index (χ1) is 12.9. The number of ether oxygens (including phenoxy) is 1. The quantitative estimate of drug-likeness (QED) is 0.736. The topological polar surface area (TPSA) is 92.7 Å². The van der Waals surface area contributed by atoms with E-state index in [1.165, 1.54) is 6.08 Å². The van der Waals surface area contributed by atoms with Crippen LogP contribution in [-0.2, 0) is 25.7 Å². The number of alkyl halides is 3. The molecule has 4 rings (SSSR count). The molecule has 1 saturated heterocycles. The maximum absolute atomic E-state index is 12.7. The van der Waals surface area contributed by atoms with Crippen LogP contribution in [-0.4, -0.2) is 36.7 Å². The van der Waals surface area contributed by atoms with E-state index in [-0.39, 0.29) is 22.8 Å². The molecule has 0 aromatic heterocycles. The Morgan fingerprint density at radius 3 is 2.46 bits per heavy atom. The van der Waals surface area contributed by atoms with Gasteiger partial charge in [0.05, 0.1) is 16.0 Å². The number of sulfonamides is 1. The molecule has 6 nitrogen and oxygen atoms in total. The van der Waals surface area contributed by atoms with E-state index >= 15 is 0 Å². The minimum Gasteiger partial charge on any atom is -0.455 e. The minimum absolute atomic E-state index is 0.0452. The van der Waals surface area contributed by atoms with Crippen molar-refractivity contribution >= 4 is 16.0 Å². The fraction of sp³-hybridized carbons (Fsp3) is 0.500. The lowest BCUT2D eigenvalue weighted by Gasteiger charge is -2.40. The third-order valence-corrected chi connectivity index (χ3v) is 7.41. The second-order valence-corrected chi connectivity index (χ2v) is 9.48. The molecule has 152 valence electrons. The first-order valence-corrected chi connectivity index (χ1v) is 10.2. The lowest BCUT2D eigenvalue weighted by molar-refractivity contribution is -0.140. The molecule has 2 aliphatic carbocycles. The number of carbonyl (C=O) groups excluding carboxylic acids is 1. The standard InChI is InChI=1S/C18H18F3NO5S/c1-16(8-11-4-7-14-17(11,24)13(9-16)15(23)27-14)22-28(25,26)12-5-2-10(3-6-12)18(19,20)21/h2-3,5-6,9,11,14,22,24H,4,7-8H2,1H3/t11?,14-,16-,17+/m1/s1. The number of carbonyl (C=O) groups is 1. The molecule has 28 heavy (non-hydrogen) atoms. The van der Waals surface area contributed by atoms with Gasteiger partial charge in [-0.3, -0.25) is 0 Å². The van der Waals surface area contributed by atoms with Crippen LogP contribution in [0.3, 0.4) is 0 Å². The maximum Gasteiger partial charge on any atom is 0.416 e. The summed E-state index contributed by atoms with van der Waals surface area (Å²) in [5, 5.41) is 10.9. The third-order valence-electron chi connectivity index (χ3n) is 5.78. The number of benzene rings is 1. The number of esters is 1. The Labute approximate surface area is 159 Å². The molecule has 3 aliphatic rings. The smallest absolute Gasteiger partial charge is 0.416 e. The molecule has 1 saturated carbocycles. The number of hydrogen-bond donors (Lipinski definition) is 2. The number of rotatable bonds is 3. The average molecular weight is 417 g/mol. The molecular weight excluding hydrogens is 399 g/mol. The fourth-order valence-electron chi connectivity index (χ4n) is 4.54. The lowest BCUT2D eigenvalue weighted by Crippen LogP contribution is -2.54. The van der Waals surface area contributed by atoms with Gasteiger partial charge in [-0.25, -0.2) is 17.9 Å². The molecule has 10 heteroatoms. The van der Waals surface area contributed by atoms with Gasteiger partial charge in [0.1, 0.15) is 11.7 Å². The van der Waals surface area contributed by atoms with Crippen LogP contribution in [0, 0.1) is 5.92 Å². The van der Waals surface area contributed by atoms with Crippen LogP contribution in [0.2, 0.25) is 0 Å². The Kier molecular flexibility index (Phi) is 4.02. The average Bonchev–Trinajstić information content (AvgIpc) is 3.01. The van der Waals surface area contributed by atoms with Crippen LogP contribution >= 0.6 is 0 Å². The van der Waals surface area contributed by atoms with E-state index in [2.05, 4.69) is 4.72 Å². The normalized spacial score (nSPS) is 34.8. The molecule has 0 radical (unpaired) electrons. The number of nitrogens with one attached hydrogen (secondary N) is 1. The number of hydrogen-bond acceptors (Lipinski definition) is 5. The Balaban J connectivity index is 1.65. The van der Waals surface area contributed by atoms with Crippen molar-refractivity contribution in [1.29, 1.82) is 0 Å². The van der Waals surface area contributed by atoms with Gasteiger partial charge in [0.2, 0.25) is 10.0 Å². The lowest BCUT2D eigenvalue weighted by atomic mass is 9.71. The predicted molar refractivity (Wildman–Crippen MR) is 90.4 cm³/mol. The first-order valence-electron chi connectivity index (χ1n) is 8.73. The number of halogens is 3. The molecule has 1 aliphatic heterocycles. The molecule has 0 amide bonds. The zero-order valence-electron chi connectivity index (χ0n) is 14.8. The molecule has 4 atom stereocenters. The zero-order chi connectivity index (χ0) is 20.5. The maximum atomic E-state index is 12.7. The van der Waals surface area contributed by atoms with Crippen LogP contribution in [0.5, 0.6) is 0 Å². The van der Waals surface area contributed by atoms with E-state index in [4.69, 9.17) is 4.74 Å². The largest absolute Gasteiger partial charge is 0.455 e. The Bertz CT molecular complexity index is 972. The highest BCUT2D eigenvalue weighted by atomic mass is 32.2. The molecule has 0 bridgehead atoms. The van der Waals surface area contributed by atoms with Crippen molar-refractivity contribution in [3.05, 3.63) is 41.5 Å². The predicted octanol–water partition coefficient (Wildman–Crippen LogP) is 2.14. The van der Waals surface area contributed by atoms with Crippen molar-refractivity contribution in [2.75, 3.05) is 0 Å². The van der Waals surface area contributed by atoms with Gasteiger partial charge < -0.3 is 9.84 Å². The van der Waals surface area contributed by atoms with Crippen molar-refractivity contribution in [3.8, 4) is 0 Å². The Morgan fingerprint density at radius 2 is 1.86 bits per heavy atom. The molecule has 1 aromatic rings.